The quantitative estimate of drug-likeness (QED) is 0.719. The molecule has 2 nitrogen and oxygen atoms in total. The zero-order chi connectivity index (χ0) is 14.3. The number of likely N-dealkylation sites (N-methyl/N-ethyl adjacent to an activating group) is 1. The number of ketones is 1. The Morgan fingerprint density at radius 2 is 2.00 bits per heavy atom. The average molecular weight is 265 g/mol. The lowest BCUT2D eigenvalue weighted by Gasteiger charge is -2.22. The van der Waals surface area contributed by atoms with Crippen LogP contribution in [0.2, 0.25) is 0 Å². The summed E-state index contributed by atoms with van der Waals surface area (Å²) < 4.78 is 13.5. The Hall–Kier alpha value is -1.22. The van der Waals surface area contributed by atoms with Gasteiger partial charge in [0.1, 0.15) is 5.82 Å². The summed E-state index contributed by atoms with van der Waals surface area (Å²) in [5, 5.41) is 0. The molecule has 1 atom stereocenters. The largest absolute Gasteiger partial charge is 0.298 e. The van der Waals surface area contributed by atoms with Gasteiger partial charge in [0.2, 0.25) is 0 Å². The first-order valence-corrected chi connectivity index (χ1v) is 7.04. The highest BCUT2D eigenvalue weighted by Crippen LogP contribution is 2.09. The Labute approximate surface area is 115 Å². The standard InChI is InChI=1S/C16H24FNO/c1-4-13(3)11-18(5-2)12-15(19)10-14-8-6-7-9-16(14)17/h6-9,13H,4-5,10-12H2,1-3H3. The maximum Gasteiger partial charge on any atom is 0.151 e. The van der Waals surface area contributed by atoms with Crippen LogP contribution in [0.3, 0.4) is 0 Å². The summed E-state index contributed by atoms with van der Waals surface area (Å²) in [5.41, 5.74) is 0.493. The van der Waals surface area contributed by atoms with Crippen LogP contribution in [0, 0.1) is 11.7 Å². The molecule has 0 saturated carbocycles. The molecule has 0 radical (unpaired) electrons. The first kappa shape index (κ1) is 15.8. The topological polar surface area (TPSA) is 20.3 Å². The normalized spacial score (nSPS) is 12.7. The highest BCUT2D eigenvalue weighted by molar-refractivity contribution is 5.82. The van der Waals surface area contributed by atoms with Crippen molar-refractivity contribution in [1.29, 1.82) is 0 Å². The van der Waals surface area contributed by atoms with Gasteiger partial charge in [-0.05, 0) is 24.1 Å². The number of rotatable bonds is 8. The van der Waals surface area contributed by atoms with Gasteiger partial charge < -0.3 is 0 Å². The minimum absolute atomic E-state index is 0.0789. The first-order chi connectivity index (χ1) is 9.06. The number of nitrogens with zero attached hydrogens (tertiary/aromatic N) is 1. The van der Waals surface area contributed by atoms with Gasteiger partial charge in [0.05, 0.1) is 6.54 Å². The number of carbonyl (C=O) groups is 1. The van der Waals surface area contributed by atoms with E-state index >= 15 is 0 Å². The van der Waals surface area contributed by atoms with E-state index in [0.717, 1.165) is 19.5 Å². The number of carbonyl (C=O) groups excluding carboxylic acids is 1. The molecule has 19 heavy (non-hydrogen) atoms. The highest BCUT2D eigenvalue weighted by atomic mass is 19.1. The summed E-state index contributed by atoms with van der Waals surface area (Å²) in [5.74, 6) is 0.372. The van der Waals surface area contributed by atoms with Crippen LogP contribution >= 0.6 is 0 Å². The van der Waals surface area contributed by atoms with E-state index in [4.69, 9.17) is 0 Å². The van der Waals surface area contributed by atoms with Crippen molar-refractivity contribution in [3.05, 3.63) is 35.6 Å². The first-order valence-electron chi connectivity index (χ1n) is 7.04. The Morgan fingerprint density at radius 1 is 1.32 bits per heavy atom. The van der Waals surface area contributed by atoms with E-state index in [-0.39, 0.29) is 18.0 Å². The summed E-state index contributed by atoms with van der Waals surface area (Å²) in [6, 6.07) is 6.49. The average Bonchev–Trinajstić information content (AvgIpc) is 2.40. The van der Waals surface area contributed by atoms with Crippen LogP contribution in [0.25, 0.3) is 0 Å². The van der Waals surface area contributed by atoms with Crippen LogP contribution in [0.15, 0.2) is 24.3 Å². The van der Waals surface area contributed by atoms with Gasteiger partial charge >= 0.3 is 0 Å². The van der Waals surface area contributed by atoms with Gasteiger partial charge in [-0.2, -0.15) is 0 Å². The van der Waals surface area contributed by atoms with E-state index in [1.54, 1.807) is 18.2 Å². The summed E-state index contributed by atoms with van der Waals surface area (Å²) >= 11 is 0. The zero-order valence-electron chi connectivity index (χ0n) is 12.2. The maximum absolute atomic E-state index is 13.5. The Morgan fingerprint density at radius 3 is 2.58 bits per heavy atom. The molecule has 3 heteroatoms. The molecule has 1 unspecified atom stereocenters. The fraction of sp³-hybridized carbons (Fsp3) is 0.562. The van der Waals surface area contributed by atoms with Gasteiger partial charge in [-0.25, -0.2) is 4.39 Å². The molecule has 1 aromatic rings. The van der Waals surface area contributed by atoms with Crippen molar-refractivity contribution < 1.29 is 9.18 Å². The summed E-state index contributed by atoms with van der Waals surface area (Å²) in [7, 11) is 0. The fourth-order valence-corrected chi connectivity index (χ4v) is 2.03. The van der Waals surface area contributed by atoms with E-state index in [9.17, 15) is 9.18 Å². The van der Waals surface area contributed by atoms with Crippen molar-refractivity contribution in [2.24, 2.45) is 5.92 Å². The lowest BCUT2D eigenvalue weighted by molar-refractivity contribution is -0.119. The molecular weight excluding hydrogens is 241 g/mol. The molecule has 0 saturated heterocycles. The van der Waals surface area contributed by atoms with E-state index in [2.05, 4.69) is 25.7 Å². The maximum atomic E-state index is 13.5. The van der Waals surface area contributed by atoms with Crippen LogP contribution in [0.5, 0.6) is 0 Å². The minimum Gasteiger partial charge on any atom is -0.298 e. The SMILES string of the molecule is CCC(C)CN(CC)CC(=O)Cc1ccccc1F. The molecule has 106 valence electrons. The van der Waals surface area contributed by atoms with Gasteiger partial charge in [-0.3, -0.25) is 9.69 Å². The van der Waals surface area contributed by atoms with E-state index in [1.807, 2.05) is 0 Å². The minimum atomic E-state index is -0.291. The molecule has 1 rings (SSSR count). The van der Waals surface area contributed by atoms with Crippen molar-refractivity contribution in [2.45, 2.75) is 33.6 Å². The molecule has 0 spiro atoms. The molecule has 0 aromatic heterocycles. The van der Waals surface area contributed by atoms with Crippen LogP contribution in [0.1, 0.15) is 32.8 Å². The second-order valence-electron chi connectivity index (χ2n) is 5.15. The Kier molecular flexibility index (Phi) is 6.71. The Bertz CT molecular complexity index is 405. The number of hydrogen-bond donors (Lipinski definition) is 0. The van der Waals surface area contributed by atoms with Crippen molar-refractivity contribution in [3.8, 4) is 0 Å². The van der Waals surface area contributed by atoms with E-state index in [1.165, 1.54) is 6.07 Å². The summed E-state index contributed by atoms with van der Waals surface area (Å²) in [6.45, 7) is 8.58. The molecule has 0 N–H and O–H groups in total. The molecule has 0 aliphatic heterocycles. The van der Waals surface area contributed by atoms with E-state index in [0.29, 0.717) is 18.0 Å². The Balaban J connectivity index is 2.52. The number of hydrogen-bond acceptors (Lipinski definition) is 2. The van der Waals surface area contributed by atoms with Gasteiger partial charge in [0.15, 0.2) is 5.78 Å². The number of benzene rings is 1. The molecular formula is C16H24FNO. The molecule has 1 aromatic carbocycles. The molecule has 0 aliphatic rings. The molecule has 0 heterocycles. The number of Topliss-reactive ketones (excluding diaryl/α,β-unsaturated/α-hetero) is 1. The monoisotopic (exact) mass is 265 g/mol. The van der Waals surface area contributed by atoms with Crippen molar-refractivity contribution in [3.63, 3.8) is 0 Å². The van der Waals surface area contributed by atoms with Crippen molar-refractivity contribution in [2.75, 3.05) is 19.6 Å². The summed E-state index contributed by atoms with van der Waals surface area (Å²) in [6.07, 6.45) is 1.29. The summed E-state index contributed by atoms with van der Waals surface area (Å²) in [4.78, 5) is 14.1. The van der Waals surface area contributed by atoms with Crippen LogP contribution < -0.4 is 0 Å². The lowest BCUT2D eigenvalue weighted by Crippen LogP contribution is -2.34. The molecule has 0 aliphatic carbocycles. The zero-order valence-corrected chi connectivity index (χ0v) is 12.2. The third-order valence-electron chi connectivity index (χ3n) is 3.46. The van der Waals surface area contributed by atoms with Crippen LogP contribution in [0.4, 0.5) is 4.39 Å². The third kappa shape index (κ3) is 5.52. The predicted octanol–water partition coefficient (Wildman–Crippen LogP) is 3.31. The van der Waals surface area contributed by atoms with Crippen molar-refractivity contribution >= 4 is 5.78 Å². The predicted molar refractivity (Wildman–Crippen MR) is 76.7 cm³/mol. The van der Waals surface area contributed by atoms with Gasteiger partial charge in [0, 0.05) is 13.0 Å². The van der Waals surface area contributed by atoms with Crippen LogP contribution in [-0.2, 0) is 11.2 Å². The lowest BCUT2D eigenvalue weighted by atomic mass is 10.1. The highest BCUT2D eigenvalue weighted by Gasteiger charge is 2.13. The molecule has 0 fully saturated rings. The van der Waals surface area contributed by atoms with E-state index < -0.39 is 0 Å². The van der Waals surface area contributed by atoms with Gasteiger partial charge in [-0.1, -0.05) is 45.4 Å². The number of halogens is 1. The molecule has 0 amide bonds. The van der Waals surface area contributed by atoms with Crippen LogP contribution in [-0.4, -0.2) is 30.3 Å². The third-order valence-corrected chi connectivity index (χ3v) is 3.46. The smallest absolute Gasteiger partial charge is 0.151 e. The van der Waals surface area contributed by atoms with Gasteiger partial charge in [-0.15, -0.1) is 0 Å². The second kappa shape index (κ2) is 8.05. The second-order valence-corrected chi connectivity index (χ2v) is 5.15. The fourth-order valence-electron chi connectivity index (χ4n) is 2.03. The van der Waals surface area contributed by atoms with Gasteiger partial charge in [0.25, 0.3) is 0 Å². The molecule has 0 bridgehead atoms. The van der Waals surface area contributed by atoms with Crippen molar-refractivity contribution in [1.82, 2.24) is 4.90 Å².